The fourth-order valence-electron chi connectivity index (χ4n) is 1.77. The van der Waals surface area contributed by atoms with Gasteiger partial charge in [-0.25, -0.2) is 9.97 Å². The molecule has 0 aliphatic carbocycles. The highest BCUT2D eigenvalue weighted by atomic mass is 79.9. The van der Waals surface area contributed by atoms with Crippen molar-refractivity contribution in [1.29, 1.82) is 0 Å². The monoisotopic (exact) mass is 338 g/mol. The van der Waals surface area contributed by atoms with E-state index in [0.29, 0.717) is 5.95 Å². The van der Waals surface area contributed by atoms with Crippen LogP contribution < -0.4 is 5.32 Å². The minimum atomic E-state index is 0.612. The molecule has 20 heavy (non-hydrogen) atoms. The first-order valence-electron chi connectivity index (χ1n) is 6.91. The topological polar surface area (TPSA) is 68.5 Å². The molecule has 2 aromatic heterocycles. The van der Waals surface area contributed by atoms with Crippen molar-refractivity contribution in [2.75, 3.05) is 11.9 Å². The zero-order valence-corrected chi connectivity index (χ0v) is 13.6. The maximum atomic E-state index is 4.53. The first kappa shape index (κ1) is 14.9. The SMILES string of the molecule is CCCNc1ncc(Br)c(-n2nc(CC)nc2CC)n1. The van der Waals surface area contributed by atoms with Gasteiger partial charge < -0.3 is 5.32 Å². The Kier molecular flexibility index (Phi) is 5.05. The molecule has 0 spiro atoms. The van der Waals surface area contributed by atoms with Crippen LogP contribution in [0.3, 0.4) is 0 Å². The van der Waals surface area contributed by atoms with Crippen LogP contribution in [-0.4, -0.2) is 31.3 Å². The number of hydrogen-bond acceptors (Lipinski definition) is 5. The maximum absolute atomic E-state index is 4.53. The lowest BCUT2D eigenvalue weighted by atomic mass is 10.4. The lowest BCUT2D eigenvalue weighted by Gasteiger charge is -2.08. The zero-order chi connectivity index (χ0) is 14.5. The van der Waals surface area contributed by atoms with Gasteiger partial charge in [-0.1, -0.05) is 20.8 Å². The smallest absolute Gasteiger partial charge is 0.224 e. The number of halogens is 1. The number of anilines is 1. The van der Waals surface area contributed by atoms with Crippen LogP contribution in [0.15, 0.2) is 10.7 Å². The summed E-state index contributed by atoms with van der Waals surface area (Å²) in [7, 11) is 0. The van der Waals surface area contributed by atoms with E-state index in [0.717, 1.165) is 47.7 Å². The summed E-state index contributed by atoms with van der Waals surface area (Å²) >= 11 is 3.49. The number of nitrogens with zero attached hydrogens (tertiary/aromatic N) is 5. The lowest BCUT2D eigenvalue weighted by Crippen LogP contribution is -2.10. The van der Waals surface area contributed by atoms with Crippen LogP contribution in [0.2, 0.25) is 0 Å². The molecule has 2 aromatic rings. The van der Waals surface area contributed by atoms with Crippen molar-refractivity contribution in [3.8, 4) is 5.82 Å². The van der Waals surface area contributed by atoms with E-state index in [1.54, 1.807) is 10.9 Å². The Morgan fingerprint density at radius 2 is 2.00 bits per heavy atom. The van der Waals surface area contributed by atoms with Gasteiger partial charge in [-0.2, -0.15) is 9.67 Å². The molecule has 0 aliphatic rings. The molecular weight excluding hydrogens is 320 g/mol. The number of hydrogen-bond donors (Lipinski definition) is 1. The van der Waals surface area contributed by atoms with Gasteiger partial charge >= 0.3 is 0 Å². The van der Waals surface area contributed by atoms with Crippen molar-refractivity contribution in [2.24, 2.45) is 0 Å². The van der Waals surface area contributed by atoms with Crippen molar-refractivity contribution in [2.45, 2.75) is 40.0 Å². The lowest BCUT2D eigenvalue weighted by molar-refractivity contribution is 0.761. The van der Waals surface area contributed by atoms with E-state index in [4.69, 9.17) is 0 Å². The highest BCUT2D eigenvalue weighted by Crippen LogP contribution is 2.20. The standard InChI is InChI=1S/C13H19BrN6/c1-4-7-15-13-16-8-9(14)12(18-13)20-11(6-3)17-10(5-2)19-20/h8H,4-7H2,1-3H3,(H,15,16,18). The van der Waals surface area contributed by atoms with Crippen molar-refractivity contribution in [1.82, 2.24) is 24.7 Å². The van der Waals surface area contributed by atoms with Gasteiger partial charge in [0.1, 0.15) is 5.82 Å². The summed E-state index contributed by atoms with van der Waals surface area (Å²) in [6, 6.07) is 0. The summed E-state index contributed by atoms with van der Waals surface area (Å²) in [5.41, 5.74) is 0. The van der Waals surface area contributed by atoms with E-state index in [2.05, 4.69) is 55.1 Å². The Morgan fingerprint density at radius 3 is 2.65 bits per heavy atom. The first-order valence-corrected chi connectivity index (χ1v) is 7.70. The summed E-state index contributed by atoms with van der Waals surface area (Å²) in [5.74, 6) is 3.07. The van der Waals surface area contributed by atoms with Crippen LogP contribution in [0.1, 0.15) is 38.8 Å². The normalized spacial score (nSPS) is 10.8. The van der Waals surface area contributed by atoms with Gasteiger partial charge in [0.05, 0.1) is 4.47 Å². The number of aryl methyl sites for hydroxylation is 2. The van der Waals surface area contributed by atoms with E-state index in [-0.39, 0.29) is 0 Å². The molecule has 1 N–H and O–H groups in total. The molecule has 0 unspecified atom stereocenters. The Labute approximate surface area is 127 Å². The average molecular weight is 339 g/mol. The third kappa shape index (κ3) is 3.15. The van der Waals surface area contributed by atoms with E-state index in [1.807, 2.05) is 6.92 Å². The Morgan fingerprint density at radius 1 is 1.20 bits per heavy atom. The molecule has 0 saturated heterocycles. The van der Waals surface area contributed by atoms with Crippen molar-refractivity contribution in [3.05, 3.63) is 22.3 Å². The van der Waals surface area contributed by atoms with Crippen LogP contribution in [-0.2, 0) is 12.8 Å². The van der Waals surface area contributed by atoms with Crippen LogP contribution >= 0.6 is 15.9 Å². The predicted molar refractivity (Wildman–Crippen MR) is 82.2 cm³/mol. The number of rotatable bonds is 6. The molecule has 6 nitrogen and oxygen atoms in total. The zero-order valence-electron chi connectivity index (χ0n) is 12.0. The van der Waals surface area contributed by atoms with Crippen molar-refractivity contribution < 1.29 is 0 Å². The first-order chi connectivity index (χ1) is 9.69. The second-order valence-electron chi connectivity index (χ2n) is 4.36. The molecule has 0 radical (unpaired) electrons. The minimum absolute atomic E-state index is 0.612. The Bertz CT molecular complexity index is 580. The molecule has 7 heteroatoms. The molecule has 108 valence electrons. The second-order valence-corrected chi connectivity index (χ2v) is 5.21. The van der Waals surface area contributed by atoms with Crippen LogP contribution in [0.4, 0.5) is 5.95 Å². The van der Waals surface area contributed by atoms with Gasteiger partial charge in [-0.05, 0) is 22.4 Å². The fourth-order valence-corrected chi connectivity index (χ4v) is 2.13. The highest BCUT2D eigenvalue weighted by molar-refractivity contribution is 9.10. The molecule has 0 amide bonds. The fraction of sp³-hybridized carbons (Fsp3) is 0.538. The Hall–Kier alpha value is -1.50. The summed E-state index contributed by atoms with van der Waals surface area (Å²) in [6.07, 6.45) is 4.39. The molecule has 0 aliphatic heterocycles. The van der Waals surface area contributed by atoms with Gasteiger partial charge in [0.15, 0.2) is 11.6 Å². The minimum Gasteiger partial charge on any atom is -0.354 e. The quantitative estimate of drug-likeness (QED) is 0.876. The van der Waals surface area contributed by atoms with Crippen molar-refractivity contribution in [3.63, 3.8) is 0 Å². The molecule has 0 aromatic carbocycles. The molecule has 2 rings (SSSR count). The van der Waals surface area contributed by atoms with Gasteiger partial charge in [0.25, 0.3) is 0 Å². The average Bonchev–Trinajstić information content (AvgIpc) is 2.89. The van der Waals surface area contributed by atoms with Gasteiger partial charge in [0.2, 0.25) is 5.95 Å². The molecule has 0 atom stereocenters. The highest BCUT2D eigenvalue weighted by Gasteiger charge is 2.14. The van der Waals surface area contributed by atoms with Crippen LogP contribution in [0, 0.1) is 0 Å². The summed E-state index contributed by atoms with van der Waals surface area (Å²) < 4.78 is 2.60. The van der Waals surface area contributed by atoms with E-state index in [1.165, 1.54) is 0 Å². The van der Waals surface area contributed by atoms with Gasteiger partial charge in [0, 0.05) is 25.6 Å². The van der Waals surface area contributed by atoms with E-state index >= 15 is 0 Å². The van der Waals surface area contributed by atoms with Gasteiger partial charge in [-0.3, -0.25) is 0 Å². The second kappa shape index (κ2) is 6.78. The van der Waals surface area contributed by atoms with Crippen molar-refractivity contribution >= 4 is 21.9 Å². The third-order valence-corrected chi connectivity index (χ3v) is 3.37. The maximum Gasteiger partial charge on any atom is 0.224 e. The van der Waals surface area contributed by atoms with E-state index in [9.17, 15) is 0 Å². The van der Waals surface area contributed by atoms with Gasteiger partial charge in [-0.15, -0.1) is 5.10 Å². The molecular formula is C13H19BrN6. The Balaban J connectivity index is 2.42. The largest absolute Gasteiger partial charge is 0.354 e. The molecule has 0 bridgehead atoms. The van der Waals surface area contributed by atoms with Crippen LogP contribution in [0.25, 0.3) is 5.82 Å². The predicted octanol–water partition coefficient (Wildman–Crippen LogP) is 2.77. The van der Waals surface area contributed by atoms with E-state index < -0.39 is 0 Å². The summed E-state index contributed by atoms with van der Waals surface area (Å²) in [6.45, 7) is 7.06. The van der Waals surface area contributed by atoms with Crippen LogP contribution in [0.5, 0.6) is 0 Å². The molecule has 2 heterocycles. The summed E-state index contributed by atoms with van der Waals surface area (Å²) in [4.78, 5) is 13.3. The molecule has 0 fully saturated rings. The summed E-state index contributed by atoms with van der Waals surface area (Å²) in [5, 5.41) is 7.69. The molecule has 0 saturated carbocycles. The number of nitrogens with one attached hydrogen (secondary N) is 1. The third-order valence-electron chi connectivity index (χ3n) is 2.81. The number of aromatic nitrogens is 5.